The smallest absolute Gasteiger partial charge is 0.462 e. The minimum Gasteiger partial charge on any atom is -0.462 e. The standard InChI is InChI=1S/C30H57O10P/c1-3-5-7-9-10-11-12-13-14-15-16-17-18-20-22-30(34)40-28(25-37-29(33)21-19-8-6-4-2)26-39-41(35,36)38-24-27(32)23-31/h12-13,27-28,31-32H,3-11,14-26H2,1-2H3,(H,35,36)/b13-12-. The Labute approximate surface area is 247 Å². The Morgan fingerprint density at radius 3 is 1.78 bits per heavy atom. The van der Waals surface area contributed by atoms with E-state index in [2.05, 4.69) is 30.5 Å². The molecule has 0 fully saturated rings. The van der Waals surface area contributed by atoms with Crippen molar-refractivity contribution in [2.24, 2.45) is 0 Å². The van der Waals surface area contributed by atoms with Crippen molar-refractivity contribution in [2.45, 2.75) is 142 Å². The van der Waals surface area contributed by atoms with Gasteiger partial charge in [0.15, 0.2) is 6.10 Å². The summed E-state index contributed by atoms with van der Waals surface area (Å²) in [5, 5.41) is 18.1. The lowest BCUT2D eigenvalue weighted by Crippen LogP contribution is -2.29. The van der Waals surface area contributed by atoms with Gasteiger partial charge in [-0.25, -0.2) is 4.57 Å². The molecule has 0 aromatic carbocycles. The van der Waals surface area contributed by atoms with E-state index in [1.165, 1.54) is 32.1 Å². The van der Waals surface area contributed by atoms with E-state index < -0.39 is 51.8 Å². The zero-order valence-electron chi connectivity index (χ0n) is 25.5. The largest absolute Gasteiger partial charge is 0.472 e. The maximum absolute atomic E-state index is 12.4. The van der Waals surface area contributed by atoms with Gasteiger partial charge in [-0.3, -0.25) is 18.6 Å². The lowest BCUT2D eigenvalue weighted by atomic mass is 10.1. The quantitative estimate of drug-likeness (QED) is 0.0369. The Morgan fingerprint density at radius 2 is 1.20 bits per heavy atom. The van der Waals surface area contributed by atoms with Crippen LogP contribution in [-0.4, -0.2) is 65.7 Å². The van der Waals surface area contributed by atoms with E-state index in [4.69, 9.17) is 19.1 Å². The first-order valence-electron chi connectivity index (χ1n) is 15.6. The van der Waals surface area contributed by atoms with Gasteiger partial charge >= 0.3 is 19.8 Å². The van der Waals surface area contributed by atoms with Crippen LogP contribution < -0.4 is 0 Å². The van der Waals surface area contributed by atoms with E-state index in [9.17, 15) is 24.2 Å². The highest BCUT2D eigenvalue weighted by Crippen LogP contribution is 2.43. The van der Waals surface area contributed by atoms with Gasteiger partial charge in [0.2, 0.25) is 0 Å². The maximum Gasteiger partial charge on any atom is 0.472 e. The predicted molar refractivity (Wildman–Crippen MR) is 159 cm³/mol. The molecule has 0 bridgehead atoms. The van der Waals surface area contributed by atoms with Crippen molar-refractivity contribution in [3.05, 3.63) is 12.2 Å². The number of phosphoric ester groups is 1. The summed E-state index contributed by atoms with van der Waals surface area (Å²) in [6, 6.07) is 0. The third-order valence-electron chi connectivity index (χ3n) is 6.42. The second-order valence-corrected chi connectivity index (χ2v) is 11.9. The Hall–Kier alpha value is -1.29. The number of rotatable bonds is 29. The zero-order chi connectivity index (χ0) is 30.6. The molecule has 242 valence electrons. The monoisotopic (exact) mass is 608 g/mol. The molecule has 3 unspecified atom stereocenters. The minimum absolute atomic E-state index is 0.176. The molecule has 0 aromatic heterocycles. The van der Waals surface area contributed by atoms with E-state index >= 15 is 0 Å². The summed E-state index contributed by atoms with van der Waals surface area (Å²) in [5.74, 6) is -0.956. The molecule has 0 aromatic rings. The second-order valence-electron chi connectivity index (χ2n) is 10.5. The molecular weight excluding hydrogens is 551 g/mol. The average molecular weight is 609 g/mol. The van der Waals surface area contributed by atoms with Crippen LogP contribution in [0.4, 0.5) is 0 Å². The molecule has 0 saturated heterocycles. The summed E-state index contributed by atoms with van der Waals surface area (Å²) in [6.45, 7) is 2.18. The number of carbonyl (C=O) groups excluding carboxylic acids is 2. The van der Waals surface area contributed by atoms with Crippen LogP contribution in [0.15, 0.2) is 12.2 Å². The summed E-state index contributed by atoms with van der Waals surface area (Å²) in [4.78, 5) is 34.2. The highest BCUT2D eigenvalue weighted by Gasteiger charge is 2.27. The number of aliphatic hydroxyl groups excluding tert-OH is 2. The molecule has 3 N–H and O–H groups in total. The molecule has 3 atom stereocenters. The van der Waals surface area contributed by atoms with Crippen molar-refractivity contribution in [1.82, 2.24) is 0 Å². The summed E-state index contributed by atoms with van der Waals surface area (Å²) < 4.78 is 32.1. The third-order valence-corrected chi connectivity index (χ3v) is 7.37. The number of unbranched alkanes of at least 4 members (excludes halogenated alkanes) is 13. The Morgan fingerprint density at radius 1 is 0.707 bits per heavy atom. The molecule has 0 aliphatic rings. The van der Waals surface area contributed by atoms with Crippen molar-refractivity contribution in [1.29, 1.82) is 0 Å². The highest BCUT2D eigenvalue weighted by molar-refractivity contribution is 7.47. The van der Waals surface area contributed by atoms with Crippen LogP contribution in [0.1, 0.15) is 129 Å². The molecule has 0 radical (unpaired) electrons. The van der Waals surface area contributed by atoms with Crippen LogP contribution in [-0.2, 0) is 32.7 Å². The van der Waals surface area contributed by atoms with Crippen molar-refractivity contribution < 1.29 is 47.8 Å². The average Bonchev–Trinajstić information content (AvgIpc) is 2.95. The molecule has 11 heteroatoms. The van der Waals surface area contributed by atoms with Gasteiger partial charge in [0.05, 0.1) is 19.8 Å². The fourth-order valence-corrected chi connectivity index (χ4v) is 4.72. The molecule has 0 amide bonds. The van der Waals surface area contributed by atoms with Gasteiger partial charge < -0.3 is 24.6 Å². The number of allylic oxidation sites excluding steroid dienone is 2. The van der Waals surface area contributed by atoms with Gasteiger partial charge in [-0.15, -0.1) is 0 Å². The van der Waals surface area contributed by atoms with Crippen LogP contribution in [0.2, 0.25) is 0 Å². The number of carbonyl (C=O) groups is 2. The van der Waals surface area contributed by atoms with Gasteiger partial charge in [0.1, 0.15) is 12.7 Å². The third kappa shape index (κ3) is 27.3. The Bertz CT molecular complexity index is 715. The molecule has 0 heterocycles. The topological polar surface area (TPSA) is 149 Å². The highest BCUT2D eigenvalue weighted by atomic mass is 31.2. The van der Waals surface area contributed by atoms with Gasteiger partial charge in [0, 0.05) is 12.8 Å². The van der Waals surface area contributed by atoms with Crippen molar-refractivity contribution in [3.63, 3.8) is 0 Å². The molecule has 0 spiro atoms. The number of phosphoric acid groups is 1. The first kappa shape index (κ1) is 39.7. The number of aliphatic hydroxyl groups is 2. The van der Waals surface area contributed by atoms with E-state index in [1.807, 2.05) is 0 Å². The summed E-state index contributed by atoms with van der Waals surface area (Å²) in [6.07, 6.45) is 19.7. The maximum atomic E-state index is 12.4. The molecule has 0 aliphatic heterocycles. The van der Waals surface area contributed by atoms with Gasteiger partial charge in [-0.2, -0.15) is 0 Å². The van der Waals surface area contributed by atoms with Crippen molar-refractivity contribution >= 4 is 19.8 Å². The number of hydrogen-bond donors (Lipinski definition) is 3. The molecule has 0 saturated carbocycles. The van der Waals surface area contributed by atoms with Crippen LogP contribution in [0.25, 0.3) is 0 Å². The van der Waals surface area contributed by atoms with Crippen LogP contribution >= 0.6 is 7.82 Å². The minimum atomic E-state index is -4.59. The lowest BCUT2D eigenvalue weighted by molar-refractivity contribution is -0.161. The van der Waals surface area contributed by atoms with Crippen molar-refractivity contribution in [3.8, 4) is 0 Å². The van der Waals surface area contributed by atoms with E-state index in [1.54, 1.807) is 0 Å². The molecular formula is C30H57O10P. The SMILES string of the molecule is CCCCCCC/C=C\CCCCCCCC(=O)OC(COC(=O)CCCCCC)COP(=O)(O)OCC(O)CO. The van der Waals surface area contributed by atoms with Gasteiger partial charge in [-0.05, 0) is 38.5 Å². The molecule has 0 aliphatic carbocycles. The molecule has 41 heavy (non-hydrogen) atoms. The van der Waals surface area contributed by atoms with Gasteiger partial charge in [-0.1, -0.05) is 90.2 Å². The molecule has 10 nitrogen and oxygen atoms in total. The van der Waals surface area contributed by atoms with Crippen LogP contribution in [0.5, 0.6) is 0 Å². The van der Waals surface area contributed by atoms with Crippen LogP contribution in [0, 0.1) is 0 Å². The normalized spacial score (nSPS) is 14.6. The Balaban J connectivity index is 4.35. The van der Waals surface area contributed by atoms with Crippen molar-refractivity contribution in [2.75, 3.05) is 26.4 Å². The summed E-state index contributed by atoms with van der Waals surface area (Å²) in [7, 11) is -4.59. The summed E-state index contributed by atoms with van der Waals surface area (Å²) >= 11 is 0. The first-order valence-corrected chi connectivity index (χ1v) is 17.1. The summed E-state index contributed by atoms with van der Waals surface area (Å²) in [5.41, 5.74) is 0. The molecule has 0 rings (SSSR count). The Kier molecular flexibility index (Phi) is 26.7. The predicted octanol–water partition coefficient (Wildman–Crippen LogP) is 6.55. The zero-order valence-corrected chi connectivity index (χ0v) is 26.4. The number of esters is 2. The second kappa shape index (κ2) is 27.5. The van der Waals surface area contributed by atoms with E-state index in [0.717, 1.165) is 57.8 Å². The fraction of sp³-hybridized carbons (Fsp3) is 0.867. The number of ether oxygens (including phenoxy) is 2. The fourth-order valence-electron chi connectivity index (χ4n) is 3.93. The lowest BCUT2D eigenvalue weighted by Gasteiger charge is -2.20. The van der Waals surface area contributed by atoms with E-state index in [0.29, 0.717) is 12.8 Å². The van der Waals surface area contributed by atoms with E-state index in [-0.39, 0.29) is 19.4 Å². The first-order chi connectivity index (χ1) is 19.7. The van der Waals surface area contributed by atoms with Gasteiger partial charge in [0.25, 0.3) is 0 Å². The van der Waals surface area contributed by atoms with Crippen LogP contribution in [0.3, 0.4) is 0 Å². The number of hydrogen-bond acceptors (Lipinski definition) is 9.